The Morgan fingerprint density at radius 1 is 0.615 bits per heavy atom. The van der Waals surface area contributed by atoms with Crippen molar-refractivity contribution >= 4 is 11.8 Å². The fourth-order valence-electron chi connectivity index (χ4n) is 2.37. The topological polar surface area (TPSA) is 58.2 Å². The number of hydrogen-bond donors (Lipinski definition) is 2. The highest BCUT2D eigenvalue weighted by Crippen LogP contribution is 2.34. The van der Waals surface area contributed by atoms with Crippen LogP contribution >= 0.6 is 0 Å². The zero-order chi connectivity index (χ0) is 20.1. The molecule has 2 N–H and O–H groups in total. The van der Waals surface area contributed by atoms with Crippen molar-refractivity contribution in [3.8, 4) is 0 Å². The van der Waals surface area contributed by atoms with Crippen LogP contribution in [-0.2, 0) is 9.59 Å². The molecule has 0 saturated heterocycles. The van der Waals surface area contributed by atoms with E-state index in [1.54, 1.807) is 10.6 Å². The van der Waals surface area contributed by atoms with Gasteiger partial charge in [-0.1, -0.05) is 65.2 Å². The highest BCUT2D eigenvalue weighted by atomic mass is 19.3. The van der Waals surface area contributed by atoms with Gasteiger partial charge in [-0.25, -0.2) is 0 Å². The molecule has 4 nitrogen and oxygen atoms in total. The minimum Gasteiger partial charge on any atom is -0.351 e. The van der Waals surface area contributed by atoms with Crippen LogP contribution in [0.4, 0.5) is 17.6 Å². The molecular weight excluding hydrogens is 352 g/mol. The molecule has 0 atom stereocenters. The van der Waals surface area contributed by atoms with E-state index in [-0.39, 0.29) is 13.1 Å². The van der Waals surface area contributed by atoms with Crippen molar-refractivity contribution in [3.63, 3.8) is 0 Å². The summed E-state index contributed by atoms with van der Waals surface area (Å²) in [4.78, 5) is 22.9. The standard InChI is InChI=1S/C18H32F4N2O2/c1-3-5-7-9-11-13-23-15(25)17(19,20)18(21,22)16(26)24-14-12-10-8-6-4-2/h3-14H2,1-2H3,(H,23,25)(H,24,26). The molecule has 0 aliphatic carbocycles. The van der Waals surface area contributed by atoms with Crippen LogP contribution in [0.1, 0.15) is 78.1 Å². The van der Waals surface area contributed by atoms with Crippen molar-refractivity contribution < 1.29 is 27.2 Å². The molecule has 0 heterocycles. The Hall–Kier alpha value is -1.34. The number of hydrogen-bond acceptors (Lipinski definition) is 2. The minimum absolute atomic E-state index is 0.118. The lowest BCUT2D eigenvalue weighted by molar-refractivity contribution is -0.211. The van der Waals surface area contributed by atoms with Gasteiger partial charge in [-0.2, -0.15) is 17.6 Å². The third kappa shape index (κ3) is 8.36. The van der Waals surface area contributed by atoms with Crippen molar-refractivity contribution in [2.24, 2.45) is 0 Å². The number of nitrogens with one attached hydrogen (secondary N) is 2. The fraction of sp³-hybridized carbons (Fsp3) is 0.889. The van der Waals surface area contributed by atoms with Gasteiger partial charge in [0.2, 0.25) is 0 Å². The van der Waals surface area contributed by atoms with Crippen LogP contribution in [0.25, 0.3) is 0 Å². The fourth-order valence-corrected chi connectivity index (χ4v) is 2.37. The molecule has 0 radical (unpaired) electrons. The monoisotopic (exact) mass is 384 g/mol. The maximum atomic E-state index is 13.7. The van der Waals surface area contributed by atoms with Gasteiger partial charge >= 0.3 is 11.8 Å². The van der Waals surface area contributed by atoms with E-state index < -0.39 is 23.7 Å². The molecule has 0 fully saturated rings. The number of halogens is 4. The summed E-state index contributed by atoms with van der Waals surface area (Å²) in [6, 6.07) is 0. The summed E-state index contributed by atoms with van der Waals surface area (Å²) in [6.07, 6.45) is 8.05. The van der Waals surface area contributed by atoms with Gasteiger partial charge in [0.15, 0.2) is 0 Å². The van der Waals surface area contributed by atoms with E-state index in [2.05, 4.69) is 0 Å². The Balaban J connectivity index is 4.33. The van der Waals surface area contributed by atoms with E-state index in [1.807, 2.05) is 13.8 Å². The second kappa shape index (κ2) is 12.9. The Morgan fingerprint density at radius 3 is 1.23 bits per heavy atom. The predicted octanol–water partition coefficient (Wildman–Crippen LogP) is 4.43. The number of amides is 2. The van der Waals surface area contributed by atoms with E-state index in [0.29, 0.717) is 25.7 Å². The van der Waals surface area contributed by atoms with Gasteiger partial charge < -0.3 is 10.6 Å². The van der Waals surface area contributed by atoms with Gasteiger partial charge in [-0.15, -0.1) is 0 Å². The van der Waals surface area contributed by atoms with Crippen LogP contribution in [0.3, 0.4) is 0 Å². The van der Waals surface area contributed by atoms with Crippen LogP contribution in [0.2, 0.25) is 0 Å². The molecule has 2 amide bonds. The Bertz CT molecular complexity index is 380. The zero-order valence-electron chi connectivity index (χ0n) is 15.8. The second-order valence-electron chi connectivity index (χ2n) is 6.49. The number of carbonyl (C=O) groups excluding carboxylic acids is 2. The van der Waals surface area contributed by atoms with Gasteiger partial charge in [0.25, 0.3) is 11.8 Å². The summed E-state index contributed by atoms with van der Waals surface area (Å²) < 4.78 is 54.9. The average molecular weight is 384 g/mol. The zero-order valence-corrected chi connectivity index (χ0v) is 15.8. The van der Waals surface area contributed by atoms with Crippen molar-refractivity contribution in [2.75, 3.05) is 13.1 Å². The molecule has 154 valence electrons. The van der Waals surface area contributed by atoms with Gasteiger partial charge in [-0.05, 0) is 12.8 Å². The Labute approximate surface area is 153 Å². The molecule has 0 aliphatic rings. The summed E-state index contributed by atoms with van der Waals surface area (Å²) in [6.45, 7) is 3.79. The smallest absolute Gasteiger partial charge is 0.351 e. The first-order chi connectivity index (χ1) is 12.2. The molecule has 0 bridgehead atoms. The van der Waals surface area contributed by atoms with Crippen LogP contribution in [-0.4, -0.2) is 36.7 Å². The summed E-state index contributed by atoms with van der Waals surface area (Å²) in [5, 5.41) is 3.60. The molecule has 0 aromatic carbocycles. The van der Waals surface area contributed by atoms with Crippen LogP contribution in [0.5, 0.6) is 0 Å². The average Bonchev–Trinajstić information content (AvgIpc) is 2.60. The summed E-state index contributed by atoms with van der Waals surface area (Å²) >= 11 is 0. The van der Waals surface area contributed by atoms with Crippen LogP contribution in [0, 0.1) is 0 Å². The van der Waals surface area contributed by atoms with Gasteiger partial charge in [0.05, 0.1) is 0 Å². The quantitative estimate of drug-likeness (QED) is 0.324. The number of unbranched alkanes of at least 4 members (excludes halogenated alkanes) is 8. The third-order valence-corrected chi connectivity index (χ3v) is 4.10. The SMILES string of the molecule is CCCCCCCNC(=O)C(F)(F)C(F)(F)C(=O)NCCCCCCC. The van der Waals surface area contributed by atoms with Crippen LogP contribution < -0.4 is 10.6 Å². The van der Waals surface area contributed by atoms with E-state index in [0.717, 1.165) is 38.5 Å². The first-order valence-corrected chi connectivity index (χ1v) is 9.54. The minimum atomic E-state index is -5.08. The lowest BCUT2D eigenvalue weighted by Gasteiger charge is -2.24. The van der Waals surface area contributed by atoms with Gasteiger partial charge in [0, 0.05) is 13.1 Å². The highest BCUT2D eigenvalue weighted by molar-refractivity contribution is 5.95. The molecule has 0 unspecified atom stereocenters. The van der Waals surface area contributed by atoms with Gasteiger partial charge in [0.1, 0.15) is 0 Å². The molecule has 0 spiro atoms. The highest BCUT2D eigenvalue weighted by Gasteiger charge is 2.66. The lowest BCUT2D eigenvalue weighted by atomic mass is 10.1. The van der Waals surface area contributed by atoms with E-state index >= 15 is 0 Å². The molecule has 8 heteroatoms. The second-order valence-corrected chi connectivity index (χ2v) is 6.49. The molecule has 26 heavy (non-hydrogen) atoms. The molecule has 0 saturated carbocycles. The number of alkyl halides is 4. The van der Waals surface area contributed by atoms with E-state index in [1.165, 1.54) is 0 Å². The maximum absolute atomic E-state index is 13.7. The van der Waals surface area contributed by atoms with Crippen LogP contribution in [0.15, 0.2) is 0 Å². The van der Waals surface area contributed by atoms with Gasteiger partial charge in [-0.3, -0.25) is 9.59 Å². The molecular formula is C18H32F4N2O2. The molecule has 0 aliphatic heterocycles. The van der Waals surface area contributed by atoms with Crippen molar-refractivity contribution in [2.45, 2.75) is 89.9 Å². The van der Waals surface area contributed by atoms with Crippen molar-refractivity contribution in [1.29, 1.82) is 0 Å². The first kappa shape index (κ1) is 24.7. The van der Waals surface area contributed by atoms with Crippen molar-refractivity contribution in [3.05, 3.63) is 0 Å². The largest absolute Gasteiger partial charge is 0.395 e. The number of carbonyl (C=O) groups is 2. The third-order valence-electron chi connectivity index (χ3n) is 4.10. The van der Waals surface area contributed by atoms with E-state index in [4.69, 9.17) is 0 Å². The molecule has 0 aromatic rings. The first-order valence-electron chi connectivity index (χ1n) is 9.54. The summed E-state index contributed by atoms with van der Waals surface area (Å²) in [5.74, 6) is -14.4. The lowest BCUT2D eigenvalue weighted by Crippen LogP contribution is -2.59. The van der Waals surface area contributed by atoms with Crippen molar-refractivity contribution in [1.82, 2.24) is 10.6 Å². The number of rotatable bonds is 15. The molecule has 0 rings (SSSR count). The maximum Gasteiger partial charge on any atom is 0.395 e. The Morgan fingerprint density at radius 2 is 0.923 bits per heavy atom. The predicted molar refractivity (Wildman–Crippen MR) is 93.4 cm³/mol. The summed E-state index contributed by atoms with van der Waals surface area (Å²) in [7, 11) is 0. The molecule has 0 aromatic heterocycles. The Kier molecular flexibility index (Phi) is 12.3. The van der Waals surface area contributed by atoms with E-state index in [9.17, 15) is 27.2 Å². The summed E-state index contributed by atoms with van der Waals surface area (Å²) in [5.41, 5.74) is 0. The normalized spacial score (nSPS) is 12.1.